The number of fused-ring (bicyclic) bond motifs is 2. The smallest absolute Gasteiger partial charge is 0.346 e. The quantitative estimate of drug-likeness (QED) is 0.231. The molecule has 7 rings (SSSR count). The van der Waals surface area contributed by atoms with Gasteiger partial charge in [0.05, 0.1) is 11.0 Å². The minimum absolute atomic E-state index is 0.00854. The van der Waals surface area contributed by atoms with Crippen LogP contribution in [0.15, 0.2) is 30.3 Å². The topological polar surface area (TPSA) is 105 Å². The SMILES string of the molecule is O=C1c2cc(Oc3cc4c(cc3[N+](=O)[O-])CC[C@H]4OP(=O)(N3CC3)N3CC3)ccc2CN1C1CC1. The molecular weight excluding hydrogens is 471 g/mol. The molecule has 5 aliphatic rings. The Bertz CT molecular complexity index is 1300. The van der Waals surface area contributed by atoms with Crippen molar-refractivity contribution in [2.24, 2.45) is 0 Å². The average molecular weight is 496 g/mol. The molecular formula is C24H25N4O6P. The summed E-state index contributed by atoms with van der Waals surface area (Å²) >= 11 is 0. The molecule has 2 aromatic carbocycles. The summed E-state index contributed by atoms with van der Waals surface area (Å²) in [5.74, 6) is 0.472. The molecule has 2 aliphatic carbocycles. The van der Waals surface area contributed by atoms with Crippen molar-refractivity contribution in [1.29, 1.82) is 0 Å². The fraction of sp³-hybridized carbons (Fsp3) is 0.458. The van der Waals surface area contributed by atoms with Gasteiger partial charge in [-0.2, -0.15) is 0 Å². The first-order valence-corrected chi connectivity index (χ1v) is 13.7. The maximum atomic E-state index is 13.5. The van der Waals surface area contributed by atoms with Crippen molar-refractivity contribution in [3.63, 3.8) is 0 Å². The Hall–Kier alpha value is -2.78. The summed E-state index contributed by atoms with van der Waals surface area (Å²) in [4.78, 5) is 26.1. The van der Waals surface area contributed by atoms with E-state index < -0.39 is 18.7 Å². The maximum absolute atomic E-state index is 13.5. The average Bonchev–Trinajstić information content (AvgIpc) is 3.71. The second-order valence-electron chi connectivity index (χ2n) is 9.89. The summed E-state index contributed by atoms with van der Waals surface area (Å²) in [6, 6.07) is 8.82. The van der Waals surface area contributed by atoms with E-state index in [0.717, 1.165) is 55.7 Å². The molecule has 1 atom stereocenters. The first-order valence-electron chi connectivity index (χ1n) is 12.1. The molecule has 0 aromatic heterocycles. The van der Waals surface area contributed by atoms with Gasteiger partial charge in [-0.15, -0.1) is 0 Å². The molecule has 3 fully saturated rings. The van der Waals surface area contributed by atoms with Crippen LogP contribution in [0.25, 0.3) is 0 Å². The predicted molar refractivity (Wildman–Crippen MR) is 125 cm³/mol. The standard InChI is InChI=1S/C24H25N4O6P/c29-24-20-12-18(5-1-16(20)14-27(24)17-3-4-17)33-23-13-19-15(11-21(23)28(30)31)2-6-22(19)34-35(32,25-7-8-25)26-9-10-26/h1,5,11-13,17,22H,2-4,6-10,14H2/t22-/m1/s1. The van der Waals surface area contributed by atoms with Crippen LogP contribution in [0.1, 0.15) is 52.4 Å². The third kappa shape index (κ3) is 3.67. The number of nitro groups is 1. The minimum atomic E-state index is -3.03. The largest absolute Gasteiger partial charge is 0.450 e. The van der Waals surface area contributed by atoms with E-state index in [1.165, 1.54) is 0 Å². The Balaban J connectivity index is 1.19. The number of benzene rings is 2. The fourth-order valence-corrected chi connectivity index (χ4v) is 7.53. The summed E-state index contributed by atoms with van der Waals surface area (Å²) < 4.78 is 29.5. The summed E-state index contributed by atoms with van der Waals surface area (Å²) in [6.07, 6.45) is 2.90. The van der Waals surface area contributed by atoms with Gasteiger partial charge in [-0.3, -0.25) is 24.0 Å². The number of amides is 1. The third-order valence-corrected chi connectivity index (χ3v) is 10.2. The number of nitro benzene ring substituents is 1. The van der Waals surface area contributed by atoms with Crippen LogP contribution in [0.4, 0.5) is 5.69 Å². The van der Waals surface area contributed by atoms with Crippen molar-refractivity contribution in [1.82, 2.24) is 14.2 Å². The van der Waals surface area contributed by atoms with Crippen LogP contribution in [0.3, 0.4) is 0 Å². The molecule has 0 spiro atoms. The first-order chi connectivity index (χ1) is 16.9. The zero-order valence-electron chi connectivity index (χ0n) is 19.1. The number of hydrogen-bond donors (Lipinski definition) is 0. The van der Waals surface area contributed by atoms with Crippen molar-refractivity contribution in [3.8, 4) is 11.5 Å². The number of carbonyl (C=O) groups is 1. The van der Waals surface area contributed by atoms with Gasteiger partial charge in [0.1, 0.15) is 5.75 Å². The van der Waals surface area contributed by atoms with Gasteiger partial charge in [-0.05, 0) is 60.6 Å². The zero-order valence-corrected chi connectivity index (χ0v) is 20.0. The van der Waals surface area contributed by atoms with E-state index in [1.807, 2.05) is 20.3 Å². The molecule has 1 saturated carbocycles. The van der Waals surface area contributed by atoms with Crippen molar-refractivity contribution in [2.45, 2.75) is 44.4 Å². The molecule has 0 N–H and O–H groups in total. The third-order valence-electron chi connectivity index (χ3n) is 7.40. The van der Waals surface area contributed by atoms with Crippen LogP contribution < -0.4 is 4.74 Å². The number of carbonyl (C=O) groups excluding carboxylic acids is 1. The van der Waals surface area contributed by atoms with Crippen LogP contribution in [0, 0.1) is 10.1 Å². The molecule has 0 radical (unpaired) electrons. The highest BCUT2D eigenvalue weighted by molar-refractivity contribution is 7.54. The Morgan fingerprint density at radius 2 is 1.74 bits per heavy atom. The highest BCUT2D eigenvalue weighted by Gasteiger charge is 2.51. The van der Waals surface area contributed by atoms with E-state index in [-0.39, 0.29) is 17.3 Å². The monoisotopic (exact) mass is 496 g/mol. The Labute approximate surface area is 202 Å². The van der Waals surface area contributed by atoms with E-state index in [1.54, 1.807) is 24.3 Å². The maximum Gasteiger partial charge on any atom is 0.346 e. The van der Waals surface area contributed by atoms with E-state index in [4.69, 9.17) is 9.26 Å². The van der Waals surface area contributed by atoms with E-state index >= 15 is 0 Å². The van der Waals surface area contributed by atoms with Gasteiger partial charge in [0.2, 0.25) is 5.75 Å². The first kappa shape index (κ1) is 21.5. The molecule has 2 saturated heterocycles. The van der Waals surface area contributed by atoms with Gasteiger partial charge in [-0.25, -0.2) is 9.34 Å². The van der Waals surface area contributed by atoms with E-state index in [2.05, 4.69) is 0 Å². The number of rotatable bonds is 8. The fourth-order valence-electron chi connectivity index (χ4n) is 5.17. The normalized spacial score (nSPS) is 23.4. The highest BCUT2D eigenvalue weighted by atomic mass is 31.2. The molecule has 1 amide bonds. The van der Waals surface area contributed by atoms with Gasteiger partial charge in [0.15, 0.2) is 0 Å². The summed E-state index contributed by atoms with van der Waals surface area (Å²) in [5.41, 5.74) is 3.02. The van der Waals surface area contributed by atoms with Crippen molar-refractivity contribution in [2.75, 3.05) is 26.2 Å². The highest BCUT2D eigenvalue weighted by Crippen LogP contribution is 2.64. The number of hydrogen-bond acceptors (Lipinski definition) is 6. The molecule has 10 nitrogen and oxygen atoms in total. The lowest BCUT2D eigenvalue weighted by molar-refractivity contribution is -0.385. The molecule has 11 heteroatoms. The Morgan fingerprint density at radius 3 is 2.40 bits per heavy atom. The van der Waals surface area contributed by atoms with Crippen LogP contribution in [0.2, 0.25) is 0 Å². The molecule has 0 unspecified atom stereocenters. The Morgan fingerprint density at radius 1 is 1.00 bits per heavy atom. The summed E-state index contributed by atoms with van der Waals surface area (Å²) in [5, 5.41) is 11.9. The van der Waals surface area contributed by atoms with Crippen LogP contribution in [-0.2, 0) is 22.1 Å². The lowest BCUT2D eigenvalue weighted by Crippen LogP contribution is -2.25. The number of aryl methyl sites for hydroxylation is 1. The molecule has 35 heavy (non-hydrogen) atoms. The molecule has 182 valence electrons. The van der Waals surface area contributed by atoms with Crippen LogP contribution in [0.5, 0.6) is 11.5 Å². The number of ether oxygens (including phenoxy) is 1. The molecule has 2 aromatic rings. The van der Waals surface area contributed by atoms with Gasteiger partial charge in [0, 0.05) is 50.4 Å². The lowest BCUT2D eigenvalue weighted by Gasteiger charge is -2.24. The van der Waals surface area contributed by atoms with E-state index in [9.17, 15) is 19.5 Å². The van der Waals surface area contributed by atoms with Crippen molar-refractivity contribution < 1.29 is 23.5 Å². The Kier molecular flexibility index (Phi) is 4.67. The number of nitrogens with zero attached hydrogens (tertiary/aromatic N) is 4. The van der Waals surface area contributed by atoms with Gasteiger partial charge >= 0.3 is 13.4 Å². The molecule has 0 bridgehead atoms. The minimum Gasteiger partial charge on any atom is -0.450 e. The lowest BCUT2D eigenvalue weighted by atomic mass is 10.1. The van der Waals surface area contributed by atoms with Gasteiger partial charge in [-0.1, -0.05) is 6.07 Å². The van der Waals surface area contributed by atoms with Crippen molar-refractivity contribution >= 4 is 19.3 Å². The molecule has 3 heterocycles. The van der Waals surface area contributed by atoms with E-state index in [0.29, 0.717) is 36.7 Å². The summed E-state index contributed by atoms with van der Waals surface area (Å²) in [6.45, 7) is 3.65. The second-order valence-corrected chi connectivity index (χ2v) is 12.2. The summed E-state index contributed by atoms with van der Waals surface area (Å²) in [7, 11) is -3.03. The zero-order chi connectivity index (χ0) is 23.9. The van der Waals surface area contributed by atoms with Crippen LogP contribution >= 0.6 is 7.67 Å². The van der Waals surface area contributed by atoms with Crippen molar-refractivity contribution in [3.05, 3.63) is 62.7 Å². The van der Waals surface area contributed by atoms with Gasteiger partial charge in [0.25, 0.3) is 5.91 Å². The van der Waals surface area contributed by atoms with Gasteiger partial charge < -0.3 is 9.64 Å². The predicted octanol–water partition coefficient (Wildman–Crippen LogP) is 4.25. The van der Waals surface area contributed by atoms with Crippen LogP contribution in [-0.4, -0.2) is 57.3 Å². The second kappa shape index (κ2) is 7.61. The molecule has 3 aliphatic heterocycles.